The summed E-state index contributed by atoms with van der Waals surface area (Å²) in [6.07, 6.45) is 4.81. The number of amides is 1. The summed E-state index contributed by atoms with van der Waals surface area (Å²) in [5.74, 6) is 0.713. The molecular formula is C17H27ClN2O. The van der Waals surface area contributed by atoms with Gasteiger partial charge in [-0.2, -0.15) is 0 Å². The number of carbonyl (C=O) groups is 1. The van der Waals surface area contributed by atoms with Gasteiger partial charge >= 0.3 is 0 Å². The first-order valence-electron chi connectivity index (χ1n) is 7.60. The maximum absolute atomic E-state index is 12.0. The lowest BCUT2D eigenvalue weighted by atomic mass is 9.95. The minimum Gasteiger partial charge on any atom is -0.349 e. The summed E-state index contributed by atoms with van der Waals surface area (Å²) < 4.78 is 0. The molecule has 21 heavy (non-hydrogen) atoms. The van der Waals surface area contributed by atoms with Crippen molar-refractivity contribution in [1.29, 1.82) is 0 Å². The number of nitrogens with one attached hydrogen (secondary N) is 1. The fourth-order valence-electron chi connectivity index (χ4n) is 2.63. The van der Waals surface area contributed by atoms with Gasteiger partial charge in [-0.05, 0) is 51.0 Å². The van der Waals surface area contributed by atoms with Crippen LogP contribution >= 0.6 is 12.4 Å². The number of aryl methyl sites for hydroxylation is 2. The molecule has 4 heteroatoms. The van der Waals surface area contributed by atoms with Crippen LogP contribution in [0.25, 0.3) is 0 Å². The van der Waals surface area contributed by atoms with Gasteiger partial charge in [-0.3, -0.25) is 4.79 Å². The summed E-state index contributed by atoms with van der Waals surface area (Å²) in [6.45, 7) is 4.69. The molecule has 1 amide bonds. The van der Waals surface area contributed by atoms with E-state index < -0.39 is 0 Å². The van der Waals surface area contributed by atoms with E-state index >= 15 is 0 Å². The van der Waals surface area contributed by atoms with Crippen LogP contribution in [0.2, 0.25) is 0 Å². The Bertz CT molecular complexity index is 456. The molecule has 1 aromatic rings. The van der Waals surface area contributed by atoms with Gasteiger partial charge in [-0.15, -0.1) is 12.4 Å². The van der Waals surface area contributed by atoms with Crippen molar-refractivity contribution in [1.82, 2.24) is 5.32 Å². The van der Waals surface area contributed by atoms with Crippen LogP contribution in [-0.2, 0) is 11.2 Å². The van der Waals surface area contributed by atoms with Crippen molar-refractivity contribution in [2.24, 2.45) is 11.7 Å². The Morgan fingerprint density at radius 3 is 2.48 bits per heavy atom. The highest BCUT2D eigenvalue weighted by Crippen LogP contribution is 2.38. The second-order valence-corrected chi connectivity index (χ2v) is 6.28. The number of rotatable bonds is 7. The number of benzene rings is 1. The van der Waals surface area contributed by atoms with Gasteiger partial charge in [0.2, 0.25) is 5.91 Å². The summed E-state index contributed by atoms with van der Waals surface area (Å²) in [7, 11) is 0. The van der Waals surface area contributed by atoms with Crippen LogP contribution in [-0.4, -0.2) is 18.0 Å². The minimum absolute atomic E-state index is 0. The first kappa shape index (κ1) is 18.0. The highest BCUT2D eigenvalue weighted by molar-refractivity contribution is 5.85. The van der Waals surface area contributed by atoms with Gasteiger partial charge in [-0.1, -0.05) is 29.8 Å². The van der Waals surface area contributed by atoms with Gasteiger partial charge in [0.05, 0.1) is 5.54 Å². The molecular weight excluding hydrogens is 284 g/mol. The molecule has 0 aliphatic heterocycles. The predicted octanol–water partition coefficient (Wildman–Crippen LogP) is 2.98. The van der Waals surface area contributed by atoms with Crippen LogP contribution in [0.5, 0.6) is 0 Å². The van der Waals surface area contributed by atoms with E-state index in [1.807, 2.05) is 0 Å². The van der Waals surface area contributed by atoms with Crippen molar-refractivity contribution in [3.05, 3.63) is 35.4 Å². The molecule has 0 spiro atoms. The third kappa shape index (κ3) is 5.33. The van der Waals surface area contributed by atoms with Crippen LogP contribution in [0, 0.1) is 12.8 Å². The zero-order valence-electron chi connectivity index (χ0n) is 13.0. The predicted molar refractivity (Wildman–Crippen MR) is 89.7 cm³/mol. The van der Waals surface area contributed by atoms with Gasteiger partial charge in [0.15, 0.2) is 0 Å². The first-order chi connectivity index (χ1) is 9.53. The van der Waals surface area contributed by atoms with Crippen molar-refractivity contribution < 1.29 is 4.79 Å². The summed E-state index contributed by atoms with van der Waals surface area (Å²) in [4.78, 5) is 12.0. The monoisotopic (exact) mass is 310 g/mol. The van der Waals surface area contributed by atoms with Crippen LogP contribution in [0.4, 0.5) is 0 Å². The molecule has 0 bridgehead atoms. The summed E-state index contributed by atoms with van der Waals surface area (Å²) in [6, 6.07) is 8.52. The van der Waals surface area contributed by atoms with Gasteiger partial charge < -0.3 is 11.1 Å². The van der Waals surface area contributed by atoms with E-state index in [0.717, 1.165) is 12.8 Å². The zero-order valence-corrected chi connectivity index (χ0v) is 13.8. The van der Waals surface area contributed by atoms with Crippen LogP contribution in [0.1, 0.15) is 43.7 Å². The van der Waals surface area contributed by atoms with Crippen molar-refractivity contribution >= 4 is 18.3 Å². The maximum Gasteiger partial charge on any atom is 0.220 e. The Balaban J connectivity index is 0.00000220. The molecule has 1 aliphatic rings. The molecule has 3 N–H and O–H groups in total. The van der Waals surface area contributed by atoms with Crippen LogP contribution < -0.4 is 11.1 Å². The molecule has 0 aromatic heterocycles. The maximum atomic E-state index is 12.0. The molecule has 1 unspecified atom stereocenters. The van der Waals surface area contributed by atoms with E-state index in [-0.39, 0.29) is 23.9 Å². The van der Waals surface area contributed by atoms with E-state index in [1.54, 1.807) is 0 Å². The summed E-state index contributed by atoms with van der Waals surface area (Å²) in [5.41, 5.74) is 8.19. The molecule has 0 heterocycles. The first-order valence-corrected chi connectivity index (χ1v) is 7.60. The Hall–Kier alpha value is -1.06. The quantitative estimate of drug-likeness (QED) is 0.813. The van der Waals surface area contributed by atoms with E-state index in [9.17, 15) is 4.79 Å². The summed E-state index contributed by atoms with van der Waals surface area (Å²) in [5, 5.41) is 3.14. The molecule has 3 nitrogen and oxygen atoms in total. The third-order valence-corrected chi connectivity index (χ3v) is 4.32. The number of nitrogens with two attached hydrogens (primary N) is 1. The molecule has 1 fully saturated rings. The second-order valence-electron chi connectivity index (χ2n) is 6.28. The van der Waals surface area contributed by atoms with E-state index in [4.69, 9.17) is 5.73 Å². The number of hydrogen-bond acceptors (Lipinski definition) is 2. The lowest BCUT2D eigenvalue weighted by Gasteiger charge is -2.29. The highest BCUT2D eigenvalue weighted by Gasteiger charge is 2.41. The van der Waals surface area contributed by atoms with E-state index in [0.29, 0.717) is 18.9 Å². The smallest absolute Gasteiger partial charge is 0.220 e. The fourth-order valence-corrected chi connectivity index (χ4v) is 2.63. The Kier molecular flexibility index (Phi) is 6.69. The lowest BCUT2D eigenvalue weighted by Crippen LogP contribution is -2.53. The number of hydrogen-bond donors (Lipinski definition) is 2. The average molecular weight is 311 g/mol. The number of halogens is 1. The highest BCUT2D eigenvalue weighted by atomic mass is 35.5. The fraction of sp³-hybridized carbons (Fsp3) is 0.588. The van der Waals surface area contributed by atoms with Crippen molar-refractivity contribution in [3.8, 4) is 0 Å². The molecule has 118 valence electrons. The molecule has 0 radical (unpaired) electrons. The number of carbonyl (C=O) groups excluding carboxylic acids is 1. The van der Waals surface area contributed by atoms with Gasteiger partial charge in [0.25, 0.3) is 0 Å². The van der Waals surface area contributed by atoms with E-state index in [1.165, 1.54) is 24.0 Å². The topological polar surface area (TPSA) is 55.1 Å². The standard InChI is InChI=1S/C17H26N2O.ClH/c1-13-6-8-14(9-7-13)4-3-5-16(20)19-17(2,12-18)15-10-11-15;/h6-9,15H,3-5,10-12,18H2,1-2H3,(H,19,20);1H. The van der Waals surface area contributed by atoms with E-state index in [2.05, 4.69) is 43.4 Å². The average Bonchev–Trinajstić information content (AvgIpc) is 3.25. The third-order valence-electron chi connectivity index (χ3n) is 4.32. The molecule has 2 rings (SSSR count). The van der Waals surface area contributed by atoms with Gasteiger partial charge in [0.1, 0.15) is 0 Å². The zero-order chi connectivity index (χ0) is 14.6. The minimum atomic E-state index is -0.194. The van der Waals surface area contributed by atoms with Crippen LogP contribution in [0.3, 0.4) is 0 Å². The normalized spacial score (nSPS) is 16.7. The molecule has 0 saturated heterocycles. The van der Waals surface area contributed by atoms with Gasteiger partial charge in [-0.25, -0.2) is 0 Å². The molecule has 1 aliphatic carbocycles. The molecule has 1 saturated carbocycles. The lowest BCUT2D eigenvalue weighted by molar-refractivity contribution is -0.123. The van der Waals surface area contributed by atoms with Crippen molar-refractivity contribution in [2.45, 2.75) is 51.5 Å². The van der Waals surface area contributed by atoms with Gasteiger partial charge in [0, 0.05) is 13.0 Å². The Morgan fingerprint density at radius 1 is 1.33 bits per heavy atom. The summed E-state index contributed by atoms with van der Waals surface area (Å²) >= 11 is 0. The Labute approximate surface area is 134 Å². The van der Waals surface area contributed by atoms with Crippen molar-refractivity contribution in [2.75, 3.05) is 6.54 Å². The molecule has 1 aromatic carbocycles. The SMILES string of the molecule is Cc1ccc(CCCC(=O)NC(C)(CN)C2CC2)cc1.Cl. The second kappa shape index (κ2) is 7.81. The molecule has 1 atom stereocenters. The van der Waals surface area contributed by atoms with Crippen molar-refractivity contribution in [3.63, 3.8) is 0 Å². The van der Waals surface area contributed by atoms with Crippen LogP contribution in [0.15, 0.2) is 24.3 Å². The Morgan fingerprint density at radius 2 is 1.95 bits per heavy atom. The largest absolute Gasteiger partial charge is 0.349 e.